The van der Waals surface area contributed by atoms with Gasteiger partial charge in [-0.1, -0.05) is 12.1 Å². The Morgan fingerprint density at radius 2 is 2.22 bits per heavy atom. The van der Waals surface area contributed by atoms with Crippen molar-refractivity contribution >= 4 is 22.3 Å². The zero-order valence-corrected chi connectivity index (χ0v) is 10.6. The molecule has 1 heterocycles. The first-order valence-corrected chi connectivity index (χ1v) is 6.27. The van der Waals surface area contributed by atoms with Crippen molar-refractivity contribution in [3.8, 4) is 0 Å². The Morgan fingerprint density at radius 3 is 3.06 bits per heavy atom. The van der Waals surface area contributed by atoms with E-state index in [4.69, 9.17) is 10.5 Å². The summed E-state index contributed by atoms with van der Waals surface area (Å²) in [4.78, 5) is 4.31. The van der Waals surface area contributed by atoms with E-state index < -0.39 is 0 Å². The van der Waals surface area contributed by atoms with Crippen LogP contribution in [0.2, 0.25) is 0 Å². The number of aromatic nitrogens is 1. The number of pyridine rings is 1. The second-order valence-corrected chi connectivity index (χ2v) is 4.08. The van der Waals surface area contributed by atoms with Gasteiger partial charge in [0.05, 0.1) is 11.2 Å². The smallest absolute Gasteiger partial charge is 0.0951 e. The molecule has 0 aliphatic carbocycles. The molecule has 1 aromatic carbocycles. The fourth-order valence-electron chi connectivity index (χ4n) is 1.89. The summed E-state index contributed by atoms with van der Waals surface area (Å²) >= 11 is 0. The number of para-hydroxylation sites is 1. The molecule has 0 unspecified atom stereocenters. The summed E-state index contributed by atoms with van der Waals surface area (Å²) in [6.07, 6.45) is 2.77. The Labute approximate surface area is 107 Å². The van der Waals surface area contributed by atoms with Crippen molar-refractivity contribution in [1.82, 2.24) is 4.98 Å². The predicted molar refractivity (Wildman–Crippen MR) is 75.8 cm³/mol. The highest BCUT2D eigenvalue weighted by molar-refractivity contribution is 5.97. The van der Waals surface area contributed by atoms with E-state index in [1.165, 1.54) is 0 Å². The first kappa shape index (κ1) is 12.6. The molecular weight excluding hydrogens is 226 g/mol. The van der Waals surface area contributed by atoms with E-state index in [-0.39, 0.29) is 0 Å². The van der Waals surface area contributed by atoms with Gasteiger partial charge in [0.25, 0.3) is 0 Å². The zero-order valence-electron chi connectivity index (χ0n) is 10.6. The summed E-state index contributed by atoms with van der Waals surface area (Å²) in [6.45, 7) is 4.45. The van der Waals surface area contributed by atoms with Gasteiger partial charge in [0.2, 0.25) is 0 Å². The topological polar surface area (TPSA) is 60.2 Å². The molecule has 1 aromatic heterocycles. The van der Waals surface area contributed by atoms with Gasteiger partial charge in [0.15, 0.2) is 0 Å². The molecule has 0 aliphatic rings. The molecule has 0 fully saturated rings. The molecule has 2 rings (SSSR count). The highest BCUT2D eigenvalue weighted by Crippen LogP contribution is 2.25. The molecule has 0 bridgehead atoms. The summed E-state index contributed by atoms with van der Waals surface area (Å²) in [5.41, 5.74) is 8.55. The molecule has 3 N–H and O–H groups in total. The van der Waals surface area contributed by atoms with Crippen LogP contribution in [0.25, 0.3) is 10.9 Å². The Balaban J connectivity index is 2.07. The number of nitrogens with two attached hydrogens (primary N) is 1. The van der Waals surface area contributed by atoms with Gasteiger partial charge < -0.3 is 15.8 Å². The lowest BCUT2D eigenvalue weighted by molar-refractivity contribution is 0.147. The second kappa shape index (κ2) is 6.21. The second-order valence-electron chi connectivity index (χ2n) is 4.08. The quantitative estimate of drug-likeness (QED) is 0.606. The summed E-state index contributed by atoms with van der Waals surface area (Å²) in [6, 6.07) is 7.82. The molecule has 0 saturated heterocycles. The minimum Gasteiger partial charge on any atom is -0.397 e. The van der Waals surface area contributed by atoms with Crippen molar-refractivity contribution in [1.29, 1.82) is 0 Å². The fourth-order valence-corrected chi connectivity index (χ4v) is 1.89. The van der Waals surface area contributed by atoms with Crippen LogP contribution in [0.5, 0.6) is 0 Å². The van der Waals surface area contributed by atoms with E-state index in [2.05, 4.69) is 10.3 Å². The van der Waals surface area contributed by atoms with Gasteiger partial charge in [-0.05, 0) is 25.5 Å². The molecule has 96 valence electrons. The third kappa shape index (κ3) is 2.90. The number of hydrogen-bond acceptors (Lipinski definition) is 4. The molecule has 0 spiro atoms. The standard InChI is InChI=1S/C14H19N3O/c1-2-18-10-4-8-16-13-7-9-17-14-11(13)5-3-6-12(14)15/h3,5-7,9H,2,4,8,10,15H2,1H3,(H,16,17). The first-order chi connectivity index (χ1) is 8.83. The van der Waals surface area contributed by atoms with Crippen LogP contribution < -0.4 is 11.1 Å². The molecular formula is C14H19N3O. The molecule has 0 amide bonds. The lowest BCUT2D eigenvalue weighted by Gasteiger charge is -2.10. The highest BCUT2D eigenvalue weighted by Gasteiger charge is 2.03. The summed E-state index contributed by atoms with van der Waals surface area (Å²) < 4.78 is 5.31. The Morgan fingerprint density at radius 1 is 1.33 bits per heavy atom. The van der Waals surface area contributed by atoms with Crippen LogP contribution in [0.3, 0.4) is 0 Å². The average molecular weight is 245 g/mol. The molecule has 0 atom stereocenters. The van der Waals surface area contributed by atoms with E-state index in [0.717, 1.165) is 42.8 Å². The average Bonchev–Trinajstić information content (AvgIpc) is 2.39. The van der Waals surface area contributed by atoms with Crippen molar-refractivity contribution in [3.63, 3.8) is 0 Å². The van der Waals surface area contributed by atoms with Crippen LogP contribution >= 0.6 is 0 Å². The number of rotatable bonds is 6. The zero-order chi connectivity index (χ0) is 12.8. The van der Waals surface area contributed by atoms with E-state index in [1.54, 1.807) is 6.20 Å². The normalized spacial score (nSPS) is 10.7. The molecule has 0 saturated carbocycles. The van der Waals surface area contributed by atoms with E-state index in [0.29, 0.717) is 5.69 Å². The van der Waals surface area contributed by atoms with Crippen LogP contribution in [0.1, 0.15) is 13.3 Å². The third-order valence-electron chi connectivity index (χ3n) is 2.79. The van der Waals surface area contributed by atoms with Gasteiger partial charge in [-0.3, -0.25) is 4.98 Å². The fraction of sp³-hybridized carbons (Fsp3) is 0.357. The third-order valence-corrected chi connectivity index (χ3v) is 2.79. The van der Waals surface area contributed by atoms with Gasteiger partial charge in [-0.2, -0.15) is 0 Å². The molecule has 18 heavy (non-hydrogen) atoms. The number of hydrogen-bond donors (Lipinski definition) is 2. The van der Waals surface area contributed by atoms with Crippen molar-refractivity contribution in [3.05, 3.63) is 30.5 Å². The minimum atomic E-state index is 0.713. The van der Waals surface area contributed by atoms with Crippen molar-refractivity contribution in [2.75, 3.05) is 30.8 Å². The molecule has 0 radical (unpaired) electrons. The maximum absolute atomic E-state index is 5.91. The Kier molecular flexibility index (Phi) is 4.36. The maximum atomic E-state index is 5.91. The van der Waals surface area contributed by atoms with Crippen molar-refractivity contribution < 1.29 is 4.74 Å². The van der Waals surface area contributed by atoms with Crippen molar-refractivity contribution in [2.24, 2.45) is 0 Å². The lowest BCUT2D eigenvalue weighted by Crippen LogP contribution is -2.06. The van der Waals surface area contributed by atoms with Gasteiger partial charge in [-0.25, -0.2) is 0 Å². The Bertz CT molecular complexity index is 513. The molecule has 4 heteroatoms. The van der Waals surface area contributed by atoms with Crippen molar-refractivity contribution in [2.45, 2.75) is 13.3 Å². The lowest BCUT2D eigenvalue weighted by atomic mass is 10.1. The largest absolute Gasteiger partial charge is 0.397 e. The van der Waals surface area contributed by atoms with Crippen LogP contribution in [-0.4, -0.2) is 24.7 Å². The number of fused-ring (bicyclic) bond motifs is 1. The maximum Gasteiger partial charge on any atom is 0.0951 e. The highest BCUT2D eigenvalue weighted by atomic mass is 16.5. The number of ether oxygens (including phenoxy) is 1. The first-order valence-electron chi connectivity index (χ1n) is 6.27. The molecule has 2 aromatic rings. The van der Waals surface area contributed by atoms with E-state index in [1.807, 2.05) is 31.2 Å². The molecule has 4 nitrogen and oxygen atoms in total. The number of nitrogens with one attached hydrogen (secondary N) is 1. The van der Waals surface area contributed by atoms with Crippen LogP contribution in [0.15, 0.2) is 30.5 Å². The monoisotopic (exact) mass is 245 g/mol. The summed E-state index contributed by atoms with van der Waals surface area (Å²) in [7, 11) is 0. The summed E-state index contributed by atoms with van der Waals surface area (Å²) in [5, 5.41) is 4.46. The number of benzene rings is 1. The van der Waals surface area contributed by atoms with E-state index >= 15 is 0 Å². The van der Waals surface area contributed by atoms with E-state index in [9.17, 15) is 0 Å². The van der Waals surface area contributed by atoms with Crippen LogP contribution in [0.4, 0.5) is 11.4 Å². The summed E-state index contributed by atoms with van der Waals surface area (Å²) in [5.74, 6) is 0. The van der Waals surface area contributed by atoms with Gasteiger partial charge >= 0.3 is 0 Å². The minimum absolute atomic E-state index is 0.713. The van der Waals surface area contributed by atoms with Gasteiger partial charge in [0, 0.05) is 37.0 Å². The predicted octanol–water partition coefficient (Wildman–Crippen LogP) is 2.66. The SMILES string of the molecule is CCOCCCNc1ccnc2c(N)cccc12. The van der Waals surface area contributed by atoms with Gasteiger partial charge in [-0.15, -0.1) is 0 Å². The van der Waals surface area contributed by atoms with Gasteiger partial charge in [0.1, 0.15) is 0 Å². The van der Waals surface area contributed by atoms with Crippen LogP contribution in [-0.2, 0) is 4.74 Å². The van der Waals surface area contributed by atoms with Crippen LogP contribution in [0, 0.1) is 0 Å². The molecule has 0 aliphatic heterocycles. The Hall–Kier alpha value is -1.81. The number of anilines is 2. The number of nitrogen functional groups attached to an aromatic ring is 1. The number of nitrogens with zero attached hydrogens (tertiary/aromatic N) is 1.